The Morgan fingerprint density at radius 3 is 1.27 bits per heavy atom. The van der Waals surface area contributed by atoms with Crippen LogP contribution >= 0.6 is 0 Å². The minimum atomic E-state index is 0.0255. The third kappa shape index (κ3) is 30.9. The van der Waals surface area contributed by atoms with Crippen molar-refractivity contribution in [2.45, 2.75) is 316 Å². The highest BCUT2D eigenvalue weighted by molar-refractivity contribution is 5.69. The summed E-state index contributed by atoms with van der Waals surface area (Å²) < 4.78 is 17.5. The van der Waals surface area contributed by atoms with Gasteiger partial charge in [-0.15, -0.1) is 0 Å². The second kappa shape index (κ2) is 40.2. The Morgan fingerprint density at radius 1 is 0.484 bits per heavy atom. The molecule has 1 unspecified atom stereocenters. The van der Waals surface area contributed by atoms with E-state index in [9.17, 15) is 9.59 Å². The fraction of sp³-hybridized carbons (Fsp3) is 0.964. The minimum Gasteiger partial charge on any atom is -0.465 e. The number of carbonyl (C=O) groups is 2. The van der Waals surface area contributed by atoms with Gasteiger partial charge in [0.2, 0.25) is 0 Å². The topological polar surface area (TPSA) is 73.9 Å². The SMILES string of the molecule is CCCCCCCCC(CCCCCCCC)OC(=O)CCCCCCCC(CCCCCCCC(=O)OCC(CCCCCCC)CCCCCCC)NC1CC2(COC2)C1. The molecule has 1 saturated carbocycles. The average molecular weight is 874 g/mol. The van der Waals surface area contributed by atoms with E-state index in [-0.39, 0.29) is 18.0 Å². The van der Waals surface area contributed by atoms with Gasteiger partial charge in [0.25, 0.3) is 0 Å². The molecule has 62 heavy (non-hydrogen) atoms. The number of esters is 2. The Labute approximate surface area is 386 Å². The highest BCUT2D eigenvalue weighted by atomic mass is 16.5. The minimum absolute atomic E-state index is 0.0255. The van der Waals surface area contributed by atoms with Crippen molar-refractivity contribution in [2.75, 3.05) is 19.8 Å². The van der Waals surface area contributed by atoms with E-state index < -0.39 is 0 Å². The van der Waals surface area contributed by atoms with Gasteiger partial charge >= 0.3 is 11.9 Å². The van der Waals surface area contributed by atoms with Gasteiger partial charge in [-0.2, -0.15) is 0 Å². The predicted octanol–water partition coefficient (Wildman–Crippen LogP) is 16.9. The molecular formula is C56H107NO5. The van der Waals surface area contributed by atoms with E-state index in [2.05, 4.69) is 33.0 Å². The lowest BCUT2D eigenvalue weighted by atomic mass is 9.64. The summed E-state index contributed by atoms with van der Waals surface area (Å²) in [6.07, 6.45) is 51.2. The molecule has 1 N–H and O–H groups in total. The largest absolute Gasteiger partial charge is 0.465 e. The average Bonchev–Trinajstić information content (AvgIpc) is 3.23. The standard InChI is InChI=1S/C56H107NO5/c1-5-9-13-17-25-33-41-53(42-34-26-18-14-10-6-2)62-55(59)44-36-28-20-24-32-40-51(57-52-45-56(46-52)48-60-49-56)39-31-23-19-27-35-43-54(58)61-47-50(37-29-21-15-11-7-3)38-30-22-16-12-8-4/h50-53,57H,5-49H2,1-4H3. The lowest BCUT2D eigenvalue weighted by Crippen LogP contribution is -2.60. The van der Waals surface area contributed by atoms with Crippen molar-refractivity contribution < 1.29 is 23.8 Å². The number of rotatable bonds is 47. The van der Waals surface area contributed by atoms with Crippen LogP contribution < -0.4 is 5.32 Å². The van der Waals surface area contributed by atoms with Crippen LogP contribution in [0.2, 0.25) is 0 Å². The molecule has 0 aromatic carbocycles. The maximum Gasteiger partial charge on any atom is 0.306 e. The lowest BCUT2D eigenvalue weighted by Gasteiger charge is -2.54. The van der Waals surface area contributed by atoms with Crippen molar-refractivity contribution in [3.8, 4) is 0 Å². The summed E-state index contributed by atoms with van der Waals surface area (Å²) in [4.78, 5) is 25.6. The van der Waals surface area contributed by atoms with Crippen LogP contribution in [0.3, 0.4) is 0 Å². The van der Waals surface area contributed by atoms with Gasteiger partial charge < -0.3 is 19.5 Å². The monoisotopic (exact) mass is 874 g/mol. The smallest absolute Gasteiger partial charge is 0.306 e. The van der Waals surface area contributed by atoms with E-state index in [1.165, 1.54) is 218 Å². The predicted molar refractivity (Wildman–Crippen MR) is 265 cm³/mol. The normalized spacial score (nSPS) is 15.3. The molecule has 1 heterocycles. The molecule has 1 aliphatic carbocycles. The first-order valence-electron chi connectivity index (χ1n) is 28.1. The number of hydrogen-bond donors (Lipinski definition) is 1. The summed E-state index contributed by atoms with van der Waals surface area (Å²) in [6.45, 7) is 11.7. The van der Waals surface area contributed by atoms with E-state index in [0.717, 1.165) is 51.7 Å². The van der Waals surface area contributed by atoms with Crippen LogP contribution in [-0.2, 0) is 23.8 Å². The van der Waals surface area contributed by atoms with Crippen LogP contribution in [0.4, 0.5) is 0 Å². The van der Waals surface area contributed by atoms with Gasteiger partial charge in [-0.25, -0.2) is 0 Å². The molecule has 0 aromatic heterocycles. The second-order valence-electron chi connectivity index (χ2n) is 20.8. The summed E-state index contributed by atoms with van der Waals surface area (Å²) in [5, 5.41) is 4.07. The third-order valence-corrected chi connectivity index (χ3v) is 14.5. The Balaban J connectivity index is 1.61. The zero-order chi connectivity index (χ0) is 44.6. The van der Waals surface area contributed by atoms with Crippen LogP contribution in [0.5, 0.6) is 0 Å². The van der Waals surface area contributed by atoms with E-state index in [1.54, 1.807) is 0 Å². The molecule has 0 radical (unpaired) electrons. The van der Waals surface area contributed by atoms with Crippen LogP contribution in [0, 0.1) is 11.3 Å². The van der Waals surface area contributed by atoms with Crippen molar-refractivity contribution in [2.24, 2.45) is 11.3 Å². The number of unbranched alkanes of at least 4 members (excludes halogenated alkanes) is 26. The highest BCUT2D eigenvalue weighted by Gasteiger charge is 2.49. The van der Waals surface area contributed by atoms with Crippen LogP contribution in [0.25, 0.3) is 0 Å². The maximum absolute atomic E-state index is 12.9. The summed E-state index contributed by atoms with van der Waals surface area (Å²) in [5.74, 6) is 0.614. The molecular weight excluding hydrogens is 767 g/mol. The molecule has 6 heteroatoms. The first-order valence-corrected chi connectivity index (χ1v) is 28.1. The fourth-order valence-electron chi connectivity index (χ4n) is 10.2. The zero-order valence-corrected chi connectivity index (χ0v) is 42.2. The van der Waals surface area contributed by atoms with E-state index >= 15 is 0 Å². The highest BCUT2D eigenvalue weighted by Crippen LogP contribution is 2.47. The molecule has 6 nitrogen and oxygen atoms in total. The first-order chi connectivity index (χ1) is 30.4. The zero-order valence-electron chi connectivity index (χ0n) is 42.2. The molecule has 0 aromatic rings. The number of carbonyl (C=O) groups excluding carboxylic acids is 2. The van der Waals surface area contributed by atoms with E-state index in [4.69, 9.17) is 14.2 Å². The second-order valence-corrected chi connectivity index (χ2v) is 20.8. The molecule has 1 spiro atoms. The van der Waals surface area contributed by atoms with Gasteiger partial charge in [-0.3, -0.25) is 9.59 Å². The summed E-state index contributed by atoms with van der Waals surface area (Å²) in [6, 6.07) is 1.26. The number of nitrogens with one attached hydrogen (secondary N) is 1. The molecule has 1 atom stereocenters. The molecule has 2 rings (SSSR count). The van der Waals surface area contributed by atoms with Gasteiger partial charge in [-0.1, -0.05) is 207 Å². The first kappa shape index (κ1) is 57.0. The Bertz CT molecular complexity index is 976. The van der Waals surface area contributed by atoms with Crippen molar-refractivity contribution in [1.29, 1.82) is 0 Å². The Hall–Kier alpha value is -1.14. The maximum atomic E-state index is 12.9. The van der Waals surface area contributed by atoms with Crippen LogP contribution in [0.15, 0.2) is 0 Å². The van der Waals surface area contributed by atoms with E-state index in [1.807, 2.05) is 0 Å². The Kier molecular flexibility index (Phi) is 36.9. The van der Waals surface area contributed by atoms with Crippen molar-refractivity contribution >= 4 is 11.9 Å². The third-order valence-electron chi connectivity index (χ3n) is 14.5. The van der Waals surface area contributed by atoms with Crippen molar-refractivity contribution in [3.63, 3.8) is 0 Å². The van der Waals surface area contributed by atoms with Crippen molar-refractivity contribution in [1.82, 2.24) is 5.32 Å². The molecule has 1 saturated heterocycles. The summed E-state index contributed by atoms with van der Waals surface area (Å²) in [5.41, 5.74) is 0.496. The van der Waals surface area contributed by atoms with Gasteiger partial charge in [0.15, 0.2) is 0 Å². The number of ether oxygens (including phenoxy) is 3. The van der Waals surface area contributed by atoms with Gasteiger partial charge in [0, 0.05) is 30.3 Å². The summed E-state index contributed by atoms with van der Waals surface area (Å²) >= 11 is 0. The lowest BCUT2D eigenvalue weighted by molar-refractivity contribution is -0.168. The fourth-order valence-corrected chi connectivity index (χ4v) is 10.2. The molecule has 0 bridgehead atoms. The molecule has 0 amide bonds. The molecule has 2 fully saturated rings. The molecule has 1 aliphatic heterocycles. The van der Waals surface area contributed by atoms with Gasteiger partial charge in [-0.05, 0) is 83.0 Å². The van der Waals surface area contributed by atoms with E-state index in [0.29, 0.717) is 42.9 Å². The van der Waals surface area contributed by atoms with Crippen LogP contribution in [0.1, 0.15) is 297 Å². The van der Waals surface area contributed by atoms with Crippen molar-refractivity contribution in [3.05, 3.63) is 0 Å². The number of hydrogen-bond acceptors (Lipinski definition) is 6. The Morgan fingerprint density at radius 2 is 0.855 bits per heavy atom. The van der Waals surface area contributed by atoms with Crippen LogP contribution in [-0.4, -0.2) is 49.9 Å². The molecule has 366 valence electrons. The van der Waals surface area contributed by atoms with Gasteiger partial charge in [0.1, 0.15) is 6.10 Å². The quantitative estimate of drug-likeness (QED) is 0.0485. The molecule has 2 aliphatic rings. The van der Waals surface area contributed by atoms with Gasteiger partial charge in [0.05, 0.1) is 19.8 Å². The summed E-state index contributed by atoms with van der Waals surface area (Å²) in [7, 11) is 0.